The zero-order chi connectivity index (χ0) is 19.5. The van der Waals surface area contributed by atoms with Crippen molar-refractivity contribution in [2.45, 2.75) is 57.2 Å². The van der Waals surface area contributed by atoms with Crippen LogP contribution < -0.4 is 0 Å². The van der Waals surface area contributed by atoms with E-state index in [-0.39, 0.29) is 37.5 Å². The summed E-state index contributed by atoms with van der Waals surface area (Å²) in [5, 5.41) is 9.25. The van der Waals surface area contributed by atoms with Gasteiger partial charge in [0.15, 0.2) is 0 Å². The van der Waals surface area contributed by atoms with Crippen LogP contribution in [0.1, 0.15) is 26.7 Å². The Hall–Kier alpha value is 0.140. The minimum Gasteiger partial charge on any atom is -0.394 e. The molecule has 154 valence electrons. The first-order valence-corrected chi connectivity index (χ1v) is 11.8. The first kappa shape index (κ1) is 22.4. The van der Waals surface area contributed by atoms with Crippen molar-refractivity contribution in [1.29, 1.82) is 0 Å². The molecule has 0 saturated carbocycles. The highest BCUT2D eigenvalue weighted by atomic mass is 31.2. The smallest absolute Gasteiger partial charge is 0.394 e. The number of phosphoric acid groups is 1. The minimum atomic E-state index is -4.41. The lowest BCUT2D eigenvalue weighted by Crippen LogP contribution is -2.28. The van der Waals surface area contributed by atoms with Gasteiger partial charge in [-0.25, -0.2) is 4.57 Å². The van der Waals surface area contributed by atoms with Gasteiger partial charge in [0.05, 0.1) is 37.7 Å². The zero-order valence-electron chi connectivity index (χ0n) is 15.1. The molecule has 26 heavy (non-hydrogen) atoms. The normalized spacial score (nSPS) is 39.6. The average molecular weight is 418 g/mol. The van der Waals surface area contributed by atoms with Gasteiger partial charge in [-0.1, -0.05) is 0 Å². The molecule has 8 unspecified atom stereocenters. The van der Waals surface area contributed by atoms with Crippen LogP contribution in [0.15, 0.2) is 0 Å². The lowest BCUT2D eigenvalue weighted by molar-refractivity contribution is -0.0271. The van der Waals surface area contributed by atoms with Gasteiger partial charge in [0.1, 0.15) is 12.2 Å². The fraction of sp³-hybridized carbons (Fsp3) is 1.00. The summed E-state index contributed by atoms with van der Waals surface area (Å²) in [5.41, 5.74) is 0. The Morgan fingerprint density at radius 2 is 1.69 bits per heavy atom. The highest BCUT2D eigenvalue weighted by Crippen LogP contribution is 2.50. The molecule has 2 rings (SSSR count). The van der Waals surface area contributed by atoms with Crippen LogP contribution in [0.4, 0.5) is 0 Å². The molecule has 2 aliphatic heterocycles. The highest BCUT2D eigenvalue weighted by Gasteiger charge is 2.42. The quantitative estimate of drug-likeness (QED) is 0.469. The van der Waals surface area contributed by atoms with Crippen LogP contribution in [0.25, 0.3) is 0 Å². The van der Waals surface area contributed by atoms with Gasteiger partial charge in [-0.3, -0.25) is 13.6 Å². The molecule has 2 aliphatic rings. The van der Waals surface area contributed by atoms with E-state index >= 15 is 0 Å². The lowest BCUT2D eigenvalue weighted by atomic mass is 10.0. The highest BCUT2D eigenvalue weighted by molar-refractivity contribution is 7.52. The largest absolute Gasteiger partial charge is 0.472 e. The van der Waals surface area contributed by atoms with Crippen LogP contribution in [0.5, 0.6) is 0 Å². The van der Waals surface area contributed by atoms with Gasteiger partial charge in [0.25, 0.3) is 0 Å². The van der Waals surface area contributed by atoms with E-state index in [0.717, 1.165) is 7.11 Å². The first-order chi connectivity index (χ1) is 12.0. The van der Waals surface area contributed by atoms with Crippen molar-refractivity contribution in [1.82, 2.24) is 0 Å². The molecular weight excluding hydrogens is 390 g/mol. The summed E-state index contributed by atoms with van der Waals surface area (Å²) < 4.78 is 49.8. The number of aliphatic hydroxyl groups excluding tert-OH is 1. The summed E-state index contributed by atoms with van der Waals surface area (Å²) in [6.45, 7) is 2.99. The Balaban J connectivity index is 1.90. The van der Waals surface area contributed by atoms with E-state index in [1.165, 1.54) is 0 Å². The van der Waals surface area contributed by atoms with Crippen LogP contribution in [-0.2, 0) is 32.2 Å². The topological polar surface area (TPSA) is 141 Å². The molecular formula is C14H28O10P2. The van der Waals surface area contributed by atoms with E-state index in [0.29, 0.717) is 12.8 Å². The predicted molar refractivity (Wildman–Crippen MR) is 90.8 cm³/mol. The van der Waals surface area contributed by atoms with Crippen LogP contribution >= 0.6 is 15.4 Å². The molecule has 0 radical (unpaired) electrons. The van der Waals surface area contributed by atoms with Gasteiger partial charge < -0.3 is 28.9 Å². The molecule has 2 saturated heterocycles. The number of hydrogen-bond acceptors (Lipinski definition) is 8. The maximum absolute atomic E-state index is 12.2. The Morgan fingerprint density at radius 3 is 2.31 bits per heavy atom. The van der Waals surface area contributed by atoms with Crippen molar-refractivity contribution in [3.63, 3.8) is 0 Å². The number of ether oxygens (including phenoxy) is 2. The second-order valence-electron chi connectivity index (χ2n) is 6.80. The van der Waals surface area contributed by atoms with Crippen molar-refractivity contribution in [3.05, 3.63) is 0 Å². The van der Waals surface area contributed by atoms with Crippen molar-refractivity contribution < 1.29 is 47.1 Å². The third-order valence-electron chi connectivity index (χ3n) is 4.55. The van der Waals surface area contributed by atoms with Gasteiger partial charge in [0.2, 0.25) is 0 Å². The third-order valence-corrected chi connectivity index (χ3v) is 7.07. The van der Waals surface area contributed by atoms with Gasteiger partial charge >= 0.3 is 15.4 Å². The van der Waals surface area contributed by atoms with Gasteiger partial charge in [0, 0.05) is 19.4 Å². The van der Waals surface area contributed by atoms with Crippen molar-refractivity contribution in [2.75, 3.05) is 26.5 Å². The molecule has 2 heterocycles. The van der Waals surface area contributed by atoms with E-state index in [1.807, 2.05) is 0 Å². The maximum Gasteiger partial charge on any atom is 0.472 e. The zero-order valence-corrected chi connectivity index (χ0v) is 16.9. The first-order valence-electron chi connectivity index (χ1n) is 8.50. The Morgan fingerprint density at radius 1 is 1.08 bits per heavy atom. The van der Waals surface area contributed by atoms with Crippen molar-refractivity contribution in [2.24, 2.45) is 5.92 Å². The summed E-state index contributed by atoms with van der Waals surface area (Å²) in [7, 11) is -6.99. The Labute approximate surface area is 152 Å². The van der Waals surface area contributed by atoms with Gasteiger partial charge in [-0.15, -0.1) is 0 Å². The van der Waals surface area contributed by atoms with Crippen LogP contribution in [0, 0.1) is 5.92 Å². The molecule has 10 nitrogen and oxygen atoms in total. The van der Waals surface area contributed by atoms with Crippen LogP contribution in [-0.4, -0.2) is 71.9 Å². The fourth-order valence-corrected chi connectivity index (χ4v) is 5.43. The summed E-state index contributed by atoms with van der Waals surface area (Å²) in [6, 6.07) is 0. The summed E-state index contributed by atoms with van der Waals surface area (Å²) in [5.74, 6) is -0.346. The Bertz CT molecular complexity index is 558. The molecule has 0 aromatic rings. The monoisotopic (exact) mass is 418 g/mol. The molecule has 0 spiro atoms. The summed E-state index contributed by atoms with van der Waals surface area (Å²) in [4.78, 5) is 19.6. The Kier molecular flexibility index (Phi) is 7.84. The van der Waals surface area contributed by atoms with E-state index in [4.69, 9.17) is 18.5 Å². The minimum absolute atomic E-state index is 0.126. The molecule has 12 heteroatoms. The maximum atomic E-state index is 12.2. The van der Waals surface area contributed by atoms with E-state index in [2.05, 4.69) is 4.52 Å². The van der Waals surface area contributed by atoms with E-state index in [1.54, 1.807) is 13.8 Å². The molecule has 0 aromatic heterocycles. The molecule has 8 atom stereocenters. The van der Waals surface area contributed by atoms with Gasteiger partial charge in [-0.05, 0) is 20.3 Å². The lowest BCUT2D eigenvalue weighted by Gasteiger charge is -2.23. The summed E-state index contributed by atoms with van der Waals surface area (Å²) >= 11 is 0. The number of rotatable bonds is 9. The molecule has 2 fully saturated rings. The van der Waals surface area contributed by atoms with Gasteiger partial charge in [-0.2, -0.15) is 0 Å². The van der Waals surface area contributed by atoms with Crippen LogP contribution in [0.3, 0.4) is 0 Å². The second kappa shape index (κ2) is 9.09. The molecule has 0 aromatic carbocycles. The fourth-order valence-electron chi connectivity index (χ4n) is 3.34. The van der Waals surface area contributed by atoms with E-state index < -0.39 is 33.7 Å². The molecule has 0 aliphatic carbocycles. The number of phosphoric ester groups is 1. The second-order valence-corrected chi connectivity index (χ2v) is 10.2. The average Bonchev–Trinajstić information content (AvgIpc) is 3.06. The number of aliphatic hydroxyl groups is 1. The third kappa shape index (κ3) is 6.34. The molecule has 0 bridgehead atoms. The SMILES string of the molecule is COP(=O)(O)CC1CC(C)OC1COP(=O)(O)OC1CC(C)OC1CO. The van der Waals surface area contributed by atoms with Crippen LogP contribution in [0.2, 0.25) is 0 Å². The van der Waals surface area contributed by atoms with Crippen molar-refractivity contribution in [3.8, 4) is 0 Å². The van der Waals surface area contributed by atoms with E-state index in [9.17, 15) is 24.0 Å². The molecule has 3 N–H and O–H groups in total. The predicted octanol–water partition coefficient (Wildman–Crippen LogP) is 1.28. The molecule has 0 amide bonds. The standard InChI is InChI=1S/C14H28O10P2/c1-9-4-11(8-25(16,17)20-3)14(23-9)7-21-26(18,19)24-12-5-10(2)22-13(12)6-15/h9-15H,4-8H2,1-3H3,(H,16,17)(H,18,19). The number of hydrogen-bond donors (Lipinski definition) is 3. The van der Waals surface area contributed by atoms with Crippen molar-refractivity contribution >= 4 is 15.4 Å². The summed E-state index contributed by atoms with van der Waals surface area (Å²) in [6.07, 6.45) is -1.70.